The number of amides is 1. The number of nitrogens with two attached hydrogens (primary N) is 1. The SMILES string of the molecule is CC(=NN=C(N)NO)c1ccc(NC(=O)C2Nc3c([N+](=O)[O-])cccc3C23CCCCCCCCC3)cc1. The van der Waals surface area contributed by atoms with Crippen LogP contribution in [-0.2, 0) is 10.2 Å². The van der Waals surface area contributed by atoms with Crippen LogP contribution in [0.15, 0.2) is 52.7 Å². The monoisotopic (exact) mass is 521 g/mol. The van der Waals surface area contributed by atoms with E-state index in [9.17, 15) is 14.9 Å². The second-order valence-corrected chi connectivity index (χ2v) is 10.0. The quantitative estimate of drug-likeness (QED) is 0.163. The number of benzene rings is 2. The standard InChI is InChI=1S/C27H35N7O4/c1-18(31-32-26(28)33-36)19-12-14-20(15-13-19)29-25(35)24-27(16-7-5-3-2-4-6-8-17-27)21-10-9-11-22(34(37)38)23(21)30-24/h9-15,24,30,36H,2-8,16-17H2,1H3,(H,29,35)(H3,28,32,33). The van der Waals surface area contributed by atoms with E-state index in [1.165, 1.54) is 25.3 Å². The molecule has 1 atom stereocenters. The molecule has 6 N–H and O–H groups in total. The summed E-state index contributed by atoms with van der Waals surface area (Å²) >= 11 is 0. The van der Waals surface area contributed by atoms with Crippen LogP contribution >= 0.6 is 0 Å². The summed E-state index contributed by atoms with van der Waals surface area (Å²) in [6.07, 6.45) is 9.30. The number of nitrogens with zero attached hydrogens (tertiary/aromatic N) is 3. The van der Waals surface area contributed by atoms with Gasteiger partial charge in [0.25, 0.3) is 5.69 Å². The molecule has 1 amide bonds. The molecule has 2 aliphatic rings. The lowest BCUT2D eigenvalue weighted by Gasteiger charge is -2.36. The molecule has 0 radical (unpaired) electrons. The fraction of sp³-hybridized carbons (Fsp3) is 0.444. The first kappa shape index (κ1) is 27.1. The fourth-order valence-corrected chi connectivity index (χ4v) is 5.68. The maximum atomic E-state index is 13.8. The molecule has 1 saturated carbocycles. The van der Waals surface area contributed by atoms with Crippen LogP contribution in [0.4, 0.5) is 17.1 Å². The molecule has 1 aliphatic heterocycles. The Morgan fingerprint density at radius 2 is 1.68 bits per heavy atom. The fourth-order valence-electron chi connectivity index (χ4n) is 5.68. The number of fused-ring (bicyclic) bond motifs is 2. The van der Waals surface area contributed by atoms with Gasteiger partial charge in [0, 0.05) is 17.2 Å². The molecule has 1 heterocycles. The molecule has 1 fully saturated rings. The van der Waals surface area contributed by atoms with Gasteiger partial charge in [-0.2, -0.15) is 5.10 Å². The number of nitro benzene ring substituents is 1. The Kier molecular flexibility index (Phi) is 8.57. The van der Waals surface area contributed by atoms with Gasteiger partial charge in [-0.15, -0.1) is 5.10 Å². The second kappa shape index (κ2) is 12.0. The van der Waals surface area contributed by atoms with Crippen molar-refractivity contribution in [2.24, 2.45) is 15.9 Å². The highest BCUT2D eigenvalue weighted by molar-refractivity contribution is 6.02. The van der Waals surface area contributed by atoms with Crippen molar-refractivity contribution in [3.8, 4) is 0 Å². The molecule has 0 saturated heterocycles. The van der Waals surface area contributed by atoms with E-state index >= 15 is 0 Å². The maximum absolute atomic E-state index is 13.8. The molecule has 38 heavy (non-hydrogen) atoms. The van der Waals surface area contributed by atoms with Gasteiger partial charge >= 0.3 is 0 Å². The van der Waals surface area contributed by atoms with Gasteiger partial charge in [0.1, 0.15) is 11.7 Å². The van der Waals surface area contributed by atoms with Crippen molar-refractivity contribution in [3.05, 3.63) is 63.7 Å². The van der Waals surface area contributed by atoms with Crippen LogP contribution in [0.3, 0.4) is 0 Å². The normalized spacial score (nSPS) is 19.8. The molecule has 2 aromatic carbocycles. The zero-order chi connectivity index (χ0) is 27.1. The molecule has 4 rings (SSSR count). The van der Waals surface area contributed by atoms with E-state index in [-0.39, 0.29) is 22.5 Å². The maximum Gasteiger partial charge on any atom is 0.292 e. The van der Waals surface area contributed by atoms with Crippen molar-refractivity contribution >= 4 is 34.6 Å². The third-order valence-corrected chi connectivity index (χ3v) is 7.62. The highest BCUT2D eigenvalue weighted by Crippen LogP contribution is 2.51. The van der Waals surface area contributed by atoms with Crippen molar-refractivity contribution in [3.63, 3.8) is 0 Å². The molecular weight excluding hydrogens is 486 g/mol. The van der Waals surface area contributed by atoms with Gasteiger partial charge in [-0.1, -0.05) is 69.2 Å². The number of nitro groups is 1. The third-order valence-electron chi connectivity index (χ3n) is 7.62. The molecule has 202 valence electrons. The second-order valence-electron chi connectivity index (χ2n) is 10.0. The van der Waals surface area contributed by atoms with Gasteiger partial charge in [-0.3, -0.25) is 20.1 Å². The predicted molar refractivity (Wildman–Crippen MR) is 148 cm³/mol. The first-order chi connectivity index (χ1) is 18.4. The lowest BCUT2D eigenvalue weighted by Crippen LogP contribution is -2.47. The van der Waals surface area contributed by atoms with Crippen LogP contribution in [0.5, 0.6) is 0 Å². The molecule has 11 nitrogen and oxygen atoms in total. The molecule has 11 heteroatoms. The highest BCUT2D eigenvalue weighted by atomic mass is 16.6. The van der Waals surface area contributed by atoms with Crippen LogP contribution in [0.1, 0.15) is 75.8 Å². The minimum atomic E-state index is -0.621. The Morgan fingerprint density at radius 3 is 2.29 bits per heavy atom. The van der Waals surface area contributed by atoms with Crippen molar-refractivity contribution in [1.82, 2.24) is 5.48 Å². The summed E-state index contributed by atoms with van der Waals surface area (Å²) in [5, 5.41) is 34.5. The van der Waals surface area contributed by atoms with E-state index in [2.05, 4.69) is 20.8 Å². The van der Waals surface area contributed by atoms with Crippen LogP contribution in [0, 0.1) is 10.1 Å². The summed E-state index contributed by atoms with van der Waals surface area (Å²) in [5.41, 5.74) is 9.88. The van der Waals surface area contributed by atoms with E-state index in [4.69, 9.17) is 10.9 Å². The van der Waals surface area contributed by atoms with E-state index in [1.807, 2.05) is 6.07 Å². The van der Waals surface area contributed by atoms with Gasteiger partial charge < -0.3 is 16.4 Å². The Bertz CT molecular complexity index is 1220. The number of para-hydroxylation sites is 1. The molecule has 1 spiro atoms. The summed E-state index contributed by atoms with van der Waals surface area (Å²) in [5.74, 6) is -0.440. The number of hydroxylamine groups is 1. The molecule has 0 aromatic heterocycles. The smallest absolute Gasteiger partial charge is 0.292 e. The van der Waals surface area contributed by atoms with E-state index in [0.29, 0.717) is 17.1 Å². The first-order valence-corrected chi connectivity index (χ1v) is 13.1. The van der Waals surface area contributed by atoms with Gasteiger partial charge in [-0.25, -0.2) is 5.48 Å². The Hall–Kier alpha value is -3.99. The van der Waals surface area contributed by atoms with E-state index in [0.717, 1.165) is 49.7 Å². The summed E-state index contributed by atoms with van der Waals surface area (Å²) < 4.78 is 0. The predicted octanol–water partition coefficient (Wildman–Crippen LogP) is 4.81. The largest absolute Gasteiger partial charge is 0.367 e. The van der Waals surface area contributed by atoms with Crippen LogP contribution in [0.2, 0.25) is 0 Å². The Morgan fingerprint density at radius 1 is 1.05 bits per heavy atom. The van der Waals surface area contributed by atoms with Gasteiger partial charge in [0.15, 0.2) is 0 Å². The molecule has 0 bridgehead atoms. The summed E-state index contributed by atoms with van der Waals surface area (Å²) in [7, 11) is 0. The van der Waals surface area contributed by atoms with Gasteiger partial charge in [-0.05, 0) is 43.0 Å². The minimum absolute atomic E-state index is 0.00748. The van der Waals surface area contributed by atoms with Crippen LogP contribution in [0.25, 0.3) is 0 Å². The summed E-state index contributed by atoms with van der Waals surface area (Å²) in [6.45, 7) is 1.75. The number of anilines is 2. The van der Waals surface area contributed by atoms with Gasteiger partial charge in [0.05, 0.1) is 10.6 Å². The topological polar surface area (TPSA) is 167 Å². The number of hydrogen-bond acceptors (Lipinski definition) is 7. The number of carbonyl (C=O) groups is 1. The van der Waals surface area contributed by atoms with Crippen molar-refractivity contribution in [2.75, 3.05) is 10.6 Å². The number of carbonyl (C=O) groups excluding carboxylic acids is 1. The minimum Gasteiger partial charge on any atom is -0.367 e. The molecular formula is C27H35N7O4. The molecule has 1 unspecified atom stereocenters. The zero-order valence-electron chi connectivity index (χ0n) is 21.6. The number of nitrogens with one attached hydrogen (secondary N) is 3. The molecule has 1 aliphatic carbocycles. The Labute approximate surface area is 221 Å². The van der Waals surface area contributed by atoms with E-state index in [1.54, 1.807) is 42.7 Å². The van der Waals surface area contributed by atoms with Crippen molar-refractivity contribution < 1.29 is 14.9 Å². The first-order valence-electron chi connectivity index (χ1n) is 13.1. The third kappa shape index (κ3) is 5.77. The molecule has 2 aromatic rings. The number of guanidine groups is 1. The van der Waals surface area contributed by atoms with E-state index < -0.39 is 11.5 Å². The lowest BCUT2D eigenvalue weighted by atomic mass is 9.68. The van der Waals surface area contributed by atoms with Crippen LogP contribution in [-0.4, -0.2) is 33.8 Å². The summed E-state index contributed by atoms with van der Waals surface area (Å²) in [6, 6.07) is 11.7. The van der Waals surface area contributed by atoms with Crippen molar-refractivity contribution in [1.29, 1.82) is 0 Å². The highest BCUT2D eigenvalue weighted by Gasteiger charge is 2.51. The number of rotatable bonds is 5. The zero-order valence-corrected chi connectivity index (χ0v) is 21.6. The average molecular weight is 522 g/mol. The van der Waals surface area contributed by atoms with Crippen LogP contribution < -0.4 is 21.8 Å². The number of hydrogen-bond donors (Lipinski definition) is 5. The average Bonchev–Trinajstić information content (AvgIpc) is 3.25. The lowest BCUT2D eigenvalue weighted by molar-refractivity contribution is -0.383. The summed E-state index contributed by atoms with van der Waals surface area (Å²) in [4.78, 5) is 25.2. The van der Waals surface area contributed by atoms with Gasteiger partial charge in [0.2, 0.25) is 11.9 Å². The Balaban J connectivity index is 1.61. The van der Waals surface area contributed by atoms with Crippen molar-refractivity contribution in [2.45, 2.75) is 76.2 Å².